The lowest BCUT2D eigenvalue weighted by molar-refractivity contribution is 0.357. The highest BCUT2D eigenvalue weighted by molar-refractivity contribution is 9.10. The Morgan fingerprint density at radius 2 is 1.67 bits per heavy atom. The smallest absolute Gasteiger partial charge is 0.265 e. The standard InChI is InChI=1S/C25H18BrN3O3S/c26-20-12-6-4-10-17(20)22-19(14-27)25(28)32-23-18-11-5-7-13-21(18)29(33(30,31)24(22)23)15-16-8-2-1-3-9-16/h1-13,22H,15,28H2. The van der Waals surface area contributed by atoms with Gasteiger partial charge in [0.05, 0.1) is 18.2 Å². The summed E-state index contributed by atoms with van der Waals surface area (Å²) in [4.78, 5) is 0.00906. The van der Waals surface area contributed by atoms with Crippen LogP contribution in [0.2, 0.25) is 0 Å². The van der Waals surface area contributed by atoms with Gasteiger partial charge < -0.3 is 10.5 Å². The second-order valence-electron chi connectivity index (χ2n) is 7.65. The van der Waals surface area contributed by atoms with E-state index < -0.39 is 15.9 Å². The molecule has 3 aromatic rings. The first-order chi connectivity index (χ1) is 15.9. The number of fused-ring (bicyclic) bond motifs is 2. The van der Waals surface area contributed by atoms with Crippen LogP contribution in [0.3, 0.4) is 0 Å². The number of hydrogen-bond donors (Lipinski definition) is 1. The Morgan fingerprint density at radius 1 is 1.00 bits per heavy atom. The van der Waals surface area contributed by atoms with Crippen LogP contribution in [0.5, 0.6) is 0 Å². The quantitative estimate of drug-likeness (QED) is 0.526. The Hall–Kier alpha value is -3.54. The average Bonchev–Trinajstić information content (AvgIpc) is 2.82. The maximum absolute atomic E-state index is 14.2. The number of benzene rings is 3. The topological polar surface area (TPSA) is 96.4 Å². The lowest BCUT2D eigenvalue weighted by atomic mass is 9.88. The first kappa shape index (κ1) is 21.3. The third-order valence-corrected chi connectivity index (χ3v) is 8.35. The number of nitrogens with two attached hydrogens (primary N) is 1. The molecule has 164 valence electrons. The Morgan fingerprint density at radius 3 is 2.39 bits per heavy atom. The van der Waals surface area contributed by atoms with Gasteiger partial charge in [0, 0.05) is 10.0 Å². The molecule has 0 amide bonds. The molecule has 8 heteroatoms. The first-order valence-electron chi connectivity index (χ1n) is 10.2. The molecule has 0 aromatic heterocycles. The van der Waals surface area contributed by atoms with Gasteiger partial charge in [0.1, 0.15) is 16.5 Å². The number of rotatable bonds is 3. The lowest BCUT2D eigenvalue weighted by Gasteiger charge is -2.38. The Bertz CT molecular complexity index is 1470. The molecule has 0 radical (unpaired) electrons. The molecule has 0 saturated carbocycles. The van der Waals surface area contributed by atoms with Gasteiger partial charge in [-0.15, -0.1) is 0 Å². The number of hydrogen-bond acceptors (Lipinski definition) is 5. The van der Waals surface area contributed by atoms with Crippen molar-refractivity contribution < 1.29 is 13.2 Å². The van der Waals surface area contributed by atoms with E-state index in [1.54, 1.807) is 36.4 Å². The minimum absolute atomic E-state index is 0.00906. The Labute approximate surface area is 200 Å². The van der Waals surface area contributed by atoms with Crippen molar-refractivity contribution in [1.82, 2.24) is 0 Å². The minimum Gasteiger partial charge on any atom is -0.439 e. The molecular weight excluding hydrogens is 502 g/mol. The molecule has 3 aromatic carbocycles. The van der Waals surface area contributed by atoms with Crippen molar-refractivity contribution in [3.8, 4) is 6.07 Å². The molecule has 2 aliphatic heterocycles. The maximum atomic E-state index is 14.2. The van der Waals surface area contributed by atoms with E-state index in [-0.39, 0.29) is 28.7 Å². The van der Waals surface area contributed by atoms with Crippen molar-refractivity contribution in [2.75, 3.05) is 4.31 Å². The Kier molecular flexibility index (Phi) is 5.23. The van der Waals surface area contributed by atoms with Crippen molar-refractivity contribution in [2.24, 2.45) is 5.73 Å². The van der Waals surface area contributed by atoms with Crippen molar-refractivity contribution >= 4 is 37.4 Å². The number of ether oxygens (including phenoxy) is 1. The molecule has 0 saturated heterocycles. The summed E-state index contributed by atoms with van der Waals surface area (Å²) >= 11 is 3.52. The summed E-state index contributed by atoms with van der Waals surface area (Å²) in [5, 5.41) is 9.93. The number of nitriles is 1. The van der Waals surface area contributed by atoms with Gasteiger partial charge >= 0.3 is 0 Å². The molecule has 2 aliphatic rings. The fourth-order valence-electron chi connectivity index (χ4n) is 4.25. The molecule has 0 spiro atoms. The van der Waals surface area contributed by atoms with Crippen LogP contribution >= 0.6 is 15.9 Å². The van der Waals surface area contributed by atoms with E-state index in [1.165, 1.54) is 4.31 Å². The predicted octanol–water partition coefficient (Wildman–Crippen LogP) is 4.98. The second-order valence-corrected chi connectivity index (χ2v) is 10.3. The van der Waals surface area contributed by atoms with Crippen molar-refractivity contribution in [3.63, 3.8) is 0 Å². The monoisotopic (exact) mass is 519 g/mol. The van der Waals surface area contributed by atoms with Gasteiger partial charge in [0.2, 0.25) is 5.88 Å². The molecule has 0 fully saturated rings. The predicted molar refractivity (Wildman–Crippen MR) is 130 cm³/mol. The Balaban J connectivity index is 1.79. The fraction of sp³-hybridized carbons (Fsp3) is 0.0800. The summed E-state index contributed by atoms with van der Waals surface area (Å²) in [5.74, 6) is -0.850. The summed E-state index contributed by atoms with van der Waals surface area (Å²) in [6.07, 6.45) is 0. The largest absolute Gasteiger partial charge is 0.439 e. The molecule has 1 atom stereocenters. The van der Waals surface area contributed by atoms with Crippen LogP contribution in [0.4, 0.5) is 5.69 Å². The van der Waals surface area contributed by atoms with Gasteiger partial charge in [-0.3, -0.25) is 4.31 Å². The highest BCUT2D eigenvalue weighted by Gasteiger charge is 2.47. The van der Waals surface area contributed by atoms with E-state index in [2.05, 4.69) is 22.0 Å². The summed E-state index contributed by atoms with van der Waals surface area (Å²) in [5.41, 5.74) is 8.78. The van der Waals surface area contributed by atoms with Crippen LogP contribution in [0.15, 0.2) is 99.7 Å². The van der Waals surface area contributed by atoms with Gasteiger partial charge in [-0.2, -0.15) is 5.26 Å². The minimum atomic E-state index is -4.09. The van der Waals surface area contributed by atoms with Crippen LogP contribution in [-0.2, 0) is 21.3 Å². The fourth-order valence-corrected chi connectivity index (χ4v) is 6.67. The lowest BCUT2D eigenvalue weighted by Crippen LogP contribution is -2.39. The average molecular weight is 520 g/mol. The van der Waals surface area contributed by atoms with Crippen LogP contribution in [0, 0.1) is 11.3 Å². The third-order valence-electron chi connectivity index (χ3n) is 5.74. The zero-order chi connectivity index (χ0) is 23.2. The summed E-state index contributed by atoms with van der Waals surface area (Å²) in [6, 6.07) is 25.8. The molecule has 0 bridgehead atoms. The highest BCUT2D eigenvalue weighted by Crippen LogP contribution is 2.52. The molecule has 33 heavy (non-hydrogen) atoms. The first-order valence-corrected chi connectivity index (χ1v) is 12.4. The maximum Gasteiger partial charge on any atom is 0.265 e. The molecule has 6 nitrogen and oxygen atoms in total. The SMILES string of the molecule is N#CC1=C(N)OC2=C(C1c1ccccc1Br)S(=O)(=O)N(Cc1ccccc1)c1ccccc12. The number of allylic oxidation sites excluding steroid dienone is 2. The number of nitrogens with zero attached hydrogens (tertiary/aromatic N) is 2. The number of para-hydroxylation sites is 1. The molecule has 1 unspecified atom stereocenters. The van der Waals surface area contributed by atoms with Gasteiger partial charge in [-0.1, -0.05) is 76.6 Å². The molecule has 0 aliphatic carbocycles. The van der Waals surface area contributed by atoms with Gasteiger partial charge in [0.25, 0.3) is 10.0 Å². The van der Waals surface area contributed by atoms with E-state index >= 15 is 0 Å². The van der Waals surface area contributed by atoms with E-state index in [9.17, 15) is 13.7 Å². The number of halogens is 1. The van der Waals surface area contributed by atoms with Crippen molar-refractivity contribution in [2.45, 2.75) is 12.5 Å². The number of anilines is 1. The summed E-state index contributed by atoms with van der Waals surface area (Å²) in [6.45, 7) is 0.140. The van der Waals surface area contributed by atoms with E-state index in [4.69, 9.17) is 10.5 Å². The number of sulfonamides is 1. The highest BCUT2D eigenvalue weighted by atomic mass is 79.9. The molecule has 2 heterocycles. The van der Waals surface area contributed by atoms with Crippen molar-refractivity contribution in [3.05, 3.63) is 116 Å². The zero-order valence-electron chi connectivity index (χ0n) is 17.3. The van der Waals surface area contributed by atoms with Gasteiger partial charge in [0.15, 0.2) is 5.76 Å². The van der Waals surface area contributed by atoms with Crippen LogP contribution in [0.1, 0.15) is 22.6 Å². The molecular formula is C25H18BrN3O3S. The van der Waals surface area contributed by atoms with Crippen molar-refractivity contribution in [1.29, 1.82) is 5.26 Å². The van der Waals surface area contributed by atoms with E-state index in [1.807, 2.05) is 42.5 Å². The summed E-state index contributed by atoms with van der Waals surface area (Å²) in [7, 11) is -4.09. The van der Waals surface area contributed by atoms with Crippen LogP contribution < -0.4 is 10.0 Å². The van der Waals surface area contributed by atoms with Gasteiger partial charge in [-0.05, 0) is 29.3 Å². The molecule has 2 N–H and O–H groups in total. The normalized spacial score (nSPS) is 18.8. The van der Waals surface area contributed by atoms with Gasteiger partial charge in [-0.25, -0.2) is 8.42 Å². The second kappa shape index (κ2) is 8.10. The third kappa shape index (κ3) is 3.41. The zero-order valence-corrected chi connectivity index (χ0v) is 19.7. The summed E-state index contributed by atoms with van der Waals surface area (Å²) < 4.78 is 36.2. The molecule has 5 rings (SSSR count). The van der Waals surface area contributed by atoms with E-state index in [0.29, 0.717) is 21.3 Å². The van der Waals surface area contributed by atoms with E-state index in [0.717, 1.165) is 5.56 Å². The van der Waals surface area contributed by atoms with Crippen LogP contribution in [-0.4, -0.2) is 8.42 Å². The van der Waals surface area contributed by atoms with Crippen LogP contribution in [0.25, 0.3) is 5.76 Å².